The van der Waals surface area contributed by atoms with Crippen LogP contribution in [0.15, 0.2) is 54.6 Å². The third-order valence-corrected chi connectivity index (χ3v) is 6.51. The van der Waals surface area contributed by atoms with Crippen LogP contribution in [0, 0.1) is 0 Å². The van der Waals surface area contributed by atoms with E-state index in [2.05, 4.69) is 42.3 Å². The van der Waals surface area contributed by atoms with Crippen molar-refractivity contribution < 1.29 is 9.90 Å². The van der Waals surface area contributed by atoms with Crippen molar-refractivity contribution >= 4 is 5.91 Å². The van der Waals surface area contributed by atoms with Gasteiger partial charge in [-0.2, -0.15) is 0 Å². The van der Waals surface area contributed by atoms with Gasteiger partial charge in [-0.1, -0.05) is 42.5 Å². The van der Waals surface area contributed by atoms with Crippen molar-refractivity contribution in [3.63, 3.8) is 0 Å². The fourth-order valence-electron chi connectivity index (χ4n) is 4.86. The van der Waals surface area contributed by atoms with E-state index in [-0.39, 0.29) is 17.2 Å². The predicted octanol–water partition coefficient (Wildman–Crippen LogP) is 3.42. The van der Waals surface area contributed by atoms with E-state index in [1.165, 1.54) is 12.0 Å². The Morgan fingerprint density at radius 1 is 1.11 bits per heavy atom. The Morgan fingerprint density at radius 2 is 1.85 bits per heavy atom. The minimum absolute atomic E-state index is 0.163. The number of nitrogens with zero attached hydrogens (tertiary/aromatic N) is 2. The topological polar surface area (TPSA) is 43.8 Å². The summed E-state index contributed by atoms with van der Waals surface area (Å²) in [6.07, 6.45) is 3.63. The number of hydrogen-bond donors (Lipinski definition) is 1. The number of carbonyl (C=O) groups excluding carboxylic acids is 1. The summed E-state index contributed by atoms with van der Waals surface area (Å²) in [5.74, 6) is 0.971. The van der Waals surface area contributed by atoms with E-state index < -0.39 is 0 Å². The minimum Gasteiger partial charge on any atom is -0.508 e. The van der Waals surface area contributed by atoms with Gasteiger partial charge in [0.05, 0.1) is 6.42 Å². The molecule has 0 unspecified atom stereocenters. The molecule has 4 rings (SSSR count). The van der Waals surface area contributed by atoms with Crippen LogP contribution >= 0.6 is 0 Å². The van der Waals surface area contributed by atoms with Crippen molar-refractivity contribution in [3.8, 4) is 5.75 Å². The number of aromatic hydroxyl groups is 1. The molecule has 2 saturated heterocycles. The summed E-state index contributed by atoms with van der Waals surface area (Å²) in [5, 5.41) is 9.59. The first-order valence-electron chi connectivity index (χ1n) is 9.88. The Balaban J connectivity index is 1.37. The maximum atomic E-state index is 12.7. The van der Waals surface area contributed by atoms with Crippen LogP contribution in [0.25, 0.3) is 0 Å². The van der Waals surface area contributed by atoms with Gasteiger partial charge in [0.2, 0.25) is 5.91 Å². The van der Waals surface area contributed by atoms with E-state index >= 15 is 0 Å². The van der Waals surface area contributed by atoms with E-state index in [0.717, 1.165) is 38.0 Å². The van der Waals surface area contributed by atoms with Crippen molar-refractivity contribution in [2.24, 2.45) is 0 Å². The van der Waals surface area contributed by atoms with Crippen molar-refractivity contribution in [3.05, 3.63) is 65.7 Å². The van der Waals surface area contributed by atoms with Gasteiger partial charge in [-0.05, 0) is 55.5 Å². The Hall–Kier alpha value is -2.33. The Morgan fingerprint density at radius 3 is 2.56 bits per heavy atom. The van der Waals surface area contributed by atoms with Crippen LogP contribution in [0.1, 0.15) is 36.3 Å². The number of phenols is 1. The summed E-state index contributed by atoms with van der Waals surface area (Å²) in [4.78, 5) is 17.2. The molecular formula is C23H28N2O2. The molecule has 0 aliphatic carbocycles. The number of amides is 1. The van der Waals surface area contributed by atoms with Crippen molar-refractivity contribution in [1.82, 2.24) is 9.80 Å². The molecule has 1 atom stereocenters. The molecule has 0 aromatic heterocycles. The second-order valence-electron chi connectivity index (χ2n) is 8.14. The first kappa shape index (κ1) is 18.1. The third-order valence-electron chi connectivity index (χ3n) is 6.51. The molecule has 1 N–H and O–H groups in total. The number of likely N-dealkylation sites (tertiary alicyclic amines) is 2. The summed E-state index contributed by atoms with van der Waals surface area (Å²) in [6.45, 7) is 2.74. The predicted molar refractivity (Wildman–Crippen MR) is 107 cm³/mol. The van der Waals surface area contributed by atoms with Gasteiger partial charge in [0.15, 0.2) is 0 Å². The van der Waals surface area contributed by atoms with E-state index in [0.29, 0.717) is 12.3 Å². The lowest BCUT2D eigenvalue weighted by atomic mass is 9.81. The molecule has 142 valence electrons. The molecule has 4 nitrogen and oxygen atoms in total. The van der Waals surface area contributed by atoms with Gasteiger partial charge in [-0.25, -0.2) is 0 Å². The maximum Gasteiger partial charge on any atom is 0.226 e. The van der Waals surface area contributed by atoms with Crippen molar-refractivity contribution in [1.29, 1.82) is 0 Å². The zero-order valence-electron chi connectivity index (χ0n) is 16.0. The molecule has 0 bridgehead atoms. The highest BCUT2D eigenvalue weighted by Crippen LogP contribution is 2.43. The SMILES string of the molecule is CN1C[C@H](c2ccccc2)CC12CCN(C(=O)Cc1cccc(O)c1)CC2. The van der Waals surface area contributed by atoms with Gasteiger partial charge in [0, 0.05) is 25.2 Å². The molecule has 2 aromatic rings. The highest BCUT2D eigenvalue weighted by Gasteiger charge is 2.46. The zero-order chi connectivity index (χ0) is 18.9. The molecule has 2 aliphatic rings. The van der Waals surface area contributed by atoms with E-state index in [1.807, 2.05) is 11.0 Å². The molecule has 1 amide bonds. The zero-order valence-corrected chi connectivity index (χ0v) is 16.0. The van der Waals surface area contributed by atoms with E-state index in [1.54, 1.807) is 18.2 Å². The van der Waals surface area contributed by atoms with Crippen LogP contribution in [-0.2, 0) is 11.2 Å². The van der Waals surface area contributed by atoms with Crippen LogP contribution in [-0.4, -0.2) is 53.0 Å². The van der Waals surface area contributed by atoms with E-state index in [9.17, 15) is 9.90 Å². The monoisotopic (exact) mass is 364 g/mol. The lowest BCUT2D eigenvalue weighted by Gasteiger charge is -2.43. The summed E-state index contributed by atoms with van der Waals surface area (Å²) in [5.41, 5.74) is 2.54. The third kappa shape index (κ3) is 3.72. The number of piperidine rings is 1. The standard InChI is InChI=1S/C23H28N2O2/c1-24-17-20(19-7-3-2-4-8-19)16-23(24)10-12-25(13-11-23)22(27)15-18-6-5-9-21(26)14-18/h2-9,14,20,26H,10-13,15-17H2,1H3/t20-/m1/s1. The number of phenolic OH excluding ortho intramolecular Hbond substituents is 1. The van der Waals surface area contributed by atoms with Crippen LogP contribution in [0.5, 0.6) is 5.75 Å². The lowest BCUT2D eigenvalue weighted by Crippen LogP contribution is -2.52. The summed E-state index contributed by atoms with van der Waals surface area (Å²) in [6, 6.07) is 17.8. The minimum atomic E-state index is 0.163. The number of likely N-dealkylation sites (N-methyl/N-ethyl adjacent to an activating group) is 1. The fourth-order valence-corrected chi connectivity index (χ4v) is 4.86. The van der Waals surface area contributed by atoms with Crippen LogP contribution in [0.4, 0.5) is 0 Å². The molecule has 2 aliphatic heterocycles. The molecule has 1 spiro atoms. The van der Waals surface area contributed by atoms with Crippen LogP contribution in [0.2, 0.25) is 0 Å². The smallest absolute Gasteiger partial charge is 0.226 e. The van der Waals surface area contributed by atoms with E-state index in [4.69, 9.17) is 0 Å². The molecule has 0 radical (unpaired) electrons. The number of carbonyl (C=O) groups is 1. The van der Waals surface area contributed by atoms with Gasteiger partial charge in [0.25, 0.3) is 0 Å². The Kier molecular flexibility index (Phi) is 4.92. The number of hydrogen-bond acceptors (Lipinski definition) is 3. The van der Waals surface area contributed by atoms with Gasteiger partial charge in [0.1, 0.15) is 5.75 Å². The second kappa shape index (κ2) is 7.35. The Labute approximate surface area is 161 Å². The molecule has 0 saturated carbocycles. The molecule has 27 heavy (non-hydrogen) atoms. The second-order valence-corrected chi connectivity index (χ2v) is 8.14. The van der Waals surface area contributed by atoms with Gasteiger partial charge < -0.3 is 10.0 Å². The average Bonchev–Trinajstić information content (AvgIpc) is 2.99. The summed E-state index contributed by atoms with van der Waals surface area (Å²) < 4.78 is 0. The van der Waals surface area contributed by atoms with Crippen molar-refractivity contribution in [2.75, 3.05) is 26.7 Å². The largest absolute Gasteiger partial charge is 0.508 e. The van der Waals surface area contributed by atoms with Crippen molar-refractivity contribution in [2.45, 2.75) is 37.1 Å². The fraction of sp³-hybridized carbons (Fsp3) is 0.435. The summed E-state index contributed by atoms with van der Waals surface area (Å²) >= 11 is 0. The van der Waals surface area contributed by atoms with Gasteiger partial charge in [-0.15, -0.1) is 0 Å². The molecule has 4 heteroatoms. The van der Waals surface area contributed by atoms with Gasteiger partial charge >= 0.3 is 0 Å². The molecule has 2 fully saturated rings. The first-order chi connectivity index (χ1) is 13.1. The first-order valence-corrected chi connectivity index (χ1v) is 9.88. The molecule has 2 heterocycles. The Bertz CT molecular complexity index is 797. The highest BCUT2D eigenvalue weighted by molar-refractivity contribution is 5.79. The van der Waals surface area contributed by atoms with Crippen LogP contribution in [0.3, 0.4) is 0 Å². The average molecular weight is 364 g/mol. The number of rotatable bonds is 3. The highest BCUT2D eigenvalue weighted by atomic mass is 16.3. The number of benzene rings is 2. The van der Waals surface area contributed by atoms with Crippen LogP contribution < -0.4 is 0 Å². The normalized spacial score (nSPS) is 22.3. The van der Waals surface area contributed by atoms with Gasteiger partial charge in [-0.3, -0.25) is 9.69 Å². The maximum absolute atomic E-state index is 12.7. The molecular weight excluding hydrogens is 336 g/mol. The summed E-state index contributed by atoms with van der Waals surface area (Å²) in [7, 11) is 2.24. The lowest BCUT2D eigenvalue weighted by molar-refractivity contribution is -0.132. The molecule has 2 aromatic carbocycles. The quantitative estimate of drug-likeness (QED) is 0.908.